The maximum absolute atomic E-state index is 11.5. The van der Waals surface area contributed by atoms with Gasteiger partial charge in [0.1, 0.15) is 0 Å². The highest BCUT2D eigenvalue weighted by molar-refractivity contribution is 5.74. The number of amides is 2. The molecule has 2 amide bonds. The van der Waals surface area contributed by atoms with E-state index in [2.05, 4.69) is 16.7 Å². The van der Waals surface area contributed by atoms with Gasteiger partial charge >= 0.3 is 12.0 Å². The lowest BCUT2D eigenvalue weighted by Gasteiger charge is -2.17. The smallest absolute Gasteiger partial charge is 0.318 e. The summed E-state index contributed by atoms with van der Waals surface area (Å²) >= 11 is 0. The van der Waals surface area contributed by atoms with Crippen LogP contribution in [0.3, 0.4) is 0 Å². The average molecular weight is 282 g/mol. The number of carbonyl (C=O) groups excluding carboxylic acids is 1. The van der Waals surface area contributed by atoms with Crippen LogP contribution in [-0.4, -0.2) is 23.7 Å². The Kier molecular flexibility index (Phi) is 8.51. The number of carbonyl (C=O) groups is 2. The van der Waals surface area contributed by atoms with E-state index >= 15 is 0 Å². The Morgan fingerprint density at radius 3 is 2.55 bits per heavy atom. The molecule has 1 fully saturated rings. The Labute approximate surface area is 120 Å². The van der Waals surface area contributed by atoms with E-state index in [1.807, 2.05) is 0 Å². The first-order chi connectivity index (χ1) is 9.68. The fourth-order valence-electron chi connectivity index (χ4n) is 2.42. The van der Waals surface area contributed by atoms with E-state index in [4.69, 9.17) is 5.11 Å². The highest BCUT2D eigenvalue weighted by Crippen LogP contribution is 2.24. The molecule has 1 saturated carbocycles. The Balaban J connectivity index is 1.97. The number of aliphatic carboxylic acids is 1. The van der Waals surface area contributed by atoms with Crippen molar-refractivity contribution < 1.29 is 14.7 Å². The molecule has 0 aromatic carbocycles. The predicted octanol–water partition coefficient (Wildman–Crippen LogP) is 3.02. The van der Waals surface area contributed by atoms with Gasteiger partial charge in [0.15, 0.2) is 0 Å². The molecule has 0 saturated heterocycles. The molecule has 3 N–H and O–H groups in total. The van der Waals surface area contributed by atoms with Crippen molar-refractivity contribution in [3.05, 3.63) is 12.3 Å². The minimum atomic E-state index is -0.761. The van der Waals surface area contributed by atoms with Gasteiger partial charge in [0.25, 0.3) is 0 Å². The number of carboxylic acids is 1. The van der Waals surface area contributed by atoms with E-state index in [9.17, 15) is 9.59 Å². The van der Waals surface area contributed by atoms with Crippen molar-refractivity contribution in [3.63, 3.8) is 0 Å². The molecule has 0 aromatic rings. The molecule has 0 radical (unpaired) electrons. The normalized spacial score (nSPS) is 16.2. The van der Waals surface area contributed by atoms with Gasteiger partial charge < -0.3 is 15.7 Å². The van der Waals surface area contributed by atoms with E-state index in [1.54, 1.807) is 6.20 Å². The van der Waals surface area contributed by atoms with Crippen molar-refractivity contribution >= 4 is 12.0 Å². The summed E-state index contributed by atoms with van der Waals surface area (Å²) in [6, 6.07) is -0.185. The third-order valence-electron chi connectivity index (χ3n) is 3.59. The van der Waals surface area contributed by atoms with Crippen LogP contribution in [-0.2, 0) is 4.79 Å². The molecule has 20 heavy (non-hydrogen) atoms. The molecule has 0 atom stereocenters. The second-order valence-electron chi connectivity index (χ2n) is 5.36. The van der Waals surface area contributed by atoms with Gasteiger partial charge in [0, 0.05) is 19.2 Å². The number of nitrogens with one attached hydrogen (secondary N) is 2. The Morgan fingerprint density at radius 2 is 1.85 bits per heavy atom. The molecular weight excluding hydrogens is 256 g/mol. The molecule has 0 spiro atoms. The van der Waals surface area contributed by atoms with Crippen molar-refractivity contribution in [1.82, 2.24) is 10.6 Å². The van der Waals surface area contributed by atoms with E-state index in [-0.39, 0.29) is 12.5 Å². The number of urea groups is 1. The maximum atomic E-state index is 11.5. The van der Waals surface area contributed by atoms with Crippen molar-refractivity contribution in [3.8, 4) is 0 Å². The quantitative estimate of drug-likeness (QED) is 0.599. The summed E-state index contributed by atoms with van der Waals surface area (Å²) < 4.78 is 0. The lowest BCUT2D eigenvalue weighted by molar-refractivity contribution is -0.137. The molecule has 0 aromatic heterocycles. The number of unbranched alkanes of at least 4 members (excludes halogenated alkanes) is 2. The Morgan fingerprint density at radius 1 is 1.10 bits per heavy atom. The number of hydrogen-bond donors (Lipinski definition) is 3. The molecule has 1 rings (SSSR count). The maximum Gasteiger partial charge on any atom is 0.318 e. The van der Waals surface area contributed by atoms with Gasteiger partial charge in [-0.15, -0.1) is 0 Å². The molecule has 0 heterocycles. The summed E-state index contributed by atoms with van der Waals surface area (Å²) in [6.07, 6.45) is 12.7. The Hall–Kier alpha value is -1.52. The van der Waals surface area contributed by atoms with Gasteiger partial charge in [-0.05, 0) is 31.6 Å². The van der Waals surface area contributed by atoms with Crippen LogP contribution in [0, 0.1) is 5.92 Å². The van der Waals surface area contributed by atoms with Gasteiger partial charge in [-0.1, -0.05) is 31.8 Å². The van der Waals surface area contributed by atoms with Crippen LogP contribution < -0.4 is 10.6 Å². The fourth-order valence-corrected chi connectivity index (χ4v) is 2.42. The zero-order valence-corrected chi connectivity index (χ0v) is 12.1. The second kappa shape index (κ2) is 10.3. The van der Waals surface area contributed by atoms with Crippen molar-refractivity contribution in [2.45, 2.75) is 57.8 Å². The van der Waals surface area contributed by atoms with E-state index in [0.29, 0.717) is 18.9 Å². The summed E-state index contributed by atoms with van der Waals surface area (Å²) in [6.45, 7) is 0.586. The van der Waals surface area contributed by atoms with E-state index in [0.717, 1.165) is 12.8 Å². The number of hydrogen-bond acceptors (Lipinski definition) is 2. The minimum Gasteiger partial charge on any atom is -0.481 e. The standard InChI is InChI=1S/C15H26N2O3/c18-14(19)9-5-2-6-11-16-15(20)17-12-10-13-7-3-1-4-8-13/h10,12-13H,1-9,11H2,(H,18,19)(H2,16,17,20)/b12-10+. The van der Waals surface area contributed by atoms with E-state index < -0.39 is 5.97 Å². The van der Waals surface area contributed by atoms with E-state index in [1.165, 1.54) is 32.1 Å². The molecule has 5 heteroatoms. The SMILES string of the molecule is O=C(O)CCCCCNC(=O)N/C=C/C1CCCCC1. The first-order valence-electron chi connectivity index (χ1n) is 7.61. The van der Waals surface area contributed by atoms with Crippen LogP contribution in [0.5, 0.6) is 0 Å². The van der Waals surface area contributed by atoms with Gasteiger partial charge in [0.2, 0.25) is 0 Å². The first kappa shape index (κ1) is 16.5. The van der Waals surface area contributed by atoms with Crippen LogP contribution in [0.25, 0.3) is 0 Å². The summed E-state index contributed by atoms with van der Waals surface area (Å²) in [5.41, 5.74) is 0. The average Bonchev–Trinajstić information content (AvgIpc) is 2.43. The predicted molar refractivity (Wildman–Crippen MR) is 78.4 cm³/mol. The van der Waals surface area contributed by atoms with Crippen molar-refractivity contribution in [2.75, 3.05) is 6.54 Å². The summed E-state index contributed by atoms with van der Waals surface area (Å²) in [5.74, 6) is -0.149. The van der Waals surface area contributed by atoms with Crippen molar-refractivity contribution in [1.29, 1.82) is 0 Å². The lowest BCUT2D eigenvalue weighted by Crippen LogP contribution is -2.32. The van der Waals surface area contributed by atoms with Gasteiger partial charge in [-0.3, -0.25) is 4.79 Å². The second-order valence-corrected chi connectivity index (χ2v) is 5.36. The van der Waals surface area contributed by atoms with Crippen LogP contribution in [0.15, 0.2) is 12.3 Å². The lowest BCUT2D eigenvalue weighted by atomic mass is 9.89. The van der Waals surface area contributed by atoms with Crippen molar-refractivity contribution in [2.24, 2.45) is 5.92 Å². The summed E-state index contributed by atoms with van der Waals surface area (Å²) in [5, 5.41) is 13.9. The molecular formula is C15H26N2O3. The molecule has 1 aliphatic rings. The number of allylic oxidation sites excluding steroid dienone is 1. The Bertz CT molecular complexity index is 323. The number of carboxylic acid groups (broad SMARTS) is 1. The molecule has 1 aliphatic carbocycles. The molecule has 0 aliphatic heterocycles. The molecule has 0 bridgehead atoms. The van der Waals surface area contributed by atoms with Gasteiger partial charge in [-0.25, -0.2) is 4.79 Å². The molecule has 0 unspecified atom stereocenters. The van der Waals surface area contributed by atoms with Crippen LogP contribution in [0.2, 0.25) is 0 Å². The topological polar surface area (TPSA) is 78.4 Å². The first-order valence-corrected chi connectivity index (χ1v) is 7.61. The van der Waals surface area contributed by atoms with Crippen LogP contribution in [0.1, 0.15) is 57.8 Å². The van der Waals surface area contributed by atoms with Gasteiger partial charge in [-0.2, -0.15) is 0 Å². The summed E-state index contributed by atoms with van der Waals surface area (Å²) in [7, 11) is 0. The third kappa shape index (κ3) is 8.56. The monoisotopic (exact) mass is 282 g/mol. The number of rotatable bonds is 8. The fraction of sp³-hybridized carbons (Fsp3) is 0.733. The zero-order chi connectivity index (χ0) is 14.6. The largest absolute Gasteiger partial charge is 0.481 e. The highest BCUT2D eigenvalue weighted by Gasteiger charge is 2.09. The molecule has 5 nitrogen and oxygen atoms in total. The summed E-state index contributed by atoms with van der Waals surface area (Å²) in [4.78, 5) is 21.8. The minimum absolute atomic E-state index is 0.185. The van der Waals surface area contributed by atoms with Crippen LogP contribution in [0.4, 0.5) is 4.79 Å². The zero-order valence-electron chi connectivity index (χ0n) is 12.1. The van der Waals surface area contributed by atoms with Crippen LogP contribution >= 0.6 is 0 Å². The highest BCUT2D eigenvalue weighted by atomic mass is 16.4. The third-order valence-corrected chi connectivity index (χ3v) is 3.59. The molecule has 114 valence electrons. The van der Waals surface area contributed by atoms with Gasteiger partial charge in [0.05, 0.1) is 0 Å².